The molecule has 1 aliphatic rings. The molecule has 5 nitrogen and oxygen atoms in total. The first-order valence-corrected chi connectivity index (χ1v) is 11.9. The Labute approximate surface area is 187 Å². The van der Waals surface area contributed by atoms with Crippen molar-refractivity contribution in [2.24, 2.45) is 0 Å². The smallest absolute Gasteiger partial charge is 0.239 e. The highest BCUT2D eigenvalue weighted by Crippen LogP contribution is 2.29. The second kappa shape index (κ2) is 10.3. The molecule has 1 N–H and O–H groups in total. The summed E-state index contributed by atoms with van der Waals surface area (Å²) in [7, 11) is 0. The predicted molar refractivity (Wildman–Crippen MR) is 124 cm³/mol. The van der Waals surface area contributed by atoms with Crippen molar-refractivity contribution in [2.75, 3.05) is 19.6 Å². The lowest BCUT2D eigenvalue weighted by molar-refractivity contribution is -0.121. The first-order chi connectivity index (χ1) is 15.1. The van der Waals surface area contributed by atoms with Crippen LogP contribution in [0, 0.1) is 5.82 Å². The zero-order valence-electron chi connectivity index (χ0n) is 17.9. The summed E-state index contributed by atoms with van der Waals surface area (Å²) in [6, 6.07) is 11.1. The fourth-order valence-corrected chi connectivity index (χ4v) is 5.08. The molecule has 1 saturated heterocycles. The zero-order valence-corrected chi connectivity index (χ0v) is 18.7. The third-order valence-corrected chi connectivity index (χ3v) is 7.00. The van der Waals surface area contributed by atoms with Crippen LogP contribution in [0.15, 0.2) is 53.8 Å². The number of hydrogen-bond acceptors (Lipinski definition) is 4. The minimum Gasteiger partial charge on any atom is -0.353 e. The standard InChI is InChI=1S/C24H29FN4OS/c1-18-4-2-3-13-28(18)15-12-26-23(30)16-29-14-10-21-22(29)9-11-27-24(21)31-17-19-5-7-20(25)8-6-19/h5-11,14,18H,2-4,12-13,15-17H2,1H3,(H,26,30). The van der Waals surface area contributed by atoms with E-state index in [9.17, 15) is 9.18 Å². The van der Waals surface area contributed by atoms with Crippen LogP contribution in [0.1, 0.15) is 31.7 Å². The number of halogens is 1. The summed E-state index contributed by atoms with van der Waals surface area (Å²) in [4.78, 5) is 19.5. The molecule has 2 aromatic heterocycles. The van der Waals surface area contributed by atoms with E-state index in [-0.39, 0.29) is 11.7 Å². The van der Waals surface area contributed by atoms with Crippen molar-refractivity contribution in [1.82, 2.24) is 19.8 Å². The average molecular weight is 441 g/mol. The van der Waals surface area contributed by atoms with Crippen LogP contribution in [0.3, 0.4) is 0 Å². The summed E-state index contributed by atoms with van der Waals surface area (Å²) in [5.41, 5.74) is 2.04. The van der Waals surface area contributed by atoms with Crippen LogP contribution >= 0.6 is 11.8 Å². The summed E-state index contributed by atoms with van der Waals surface area (Å²) < 4.78 is 15.1. The second-order valence-corrected chi connectivity index (χ2v) is 9.10. The minimum absolute atomic E-state index is 0.0273. The Morgan fingerprint density at radius 1 is 1.23 bits per heavy atom. The van der Waals surface area contributed by atoms with Gasteiger partial charge in [0.25, 0.3) is 0 Å². The summed E-state index contributed by atoms with van der Waals surface area (Å²) in [6.07, 6.45) is 7.54. The van der Waals surface area contributed by atoms with E-state index in [1.807, 2.05) is 22.9 Å². The first-order valence-electron chi connectivity index (χ1n) is 10.9. The number of piperidine rings is 1. The third kappa shape index (κ3) is 5.66. The number of pyridine rings is 1. The van der Waals surface area contributed by atoms with Crippen LogP contribution in [0.4, 0.5) is 4.39 Å². The molecule has 0 radical (unpaired) electrons. The Bertz CT molecular complexity index is 1020. The van der Waals surface area contributed by atoms with E-state index >= 15 is 0 Å². The van der Waals surface area contributed by atoms with Crippen LogP contribution in [-0.4, -0.2) is 46.0 Å². The van der Waals surface area contributed by atoms with E-state index in [0.29, 0.717) is 24.9 Å². The van der Waals surface area contributed by atoms with Gasteiger partial charge in [0.05, 0.1) is 5.52 Å². The van der Waals surface area contributed by atoms with Gasteiger partial charge in [0.15, 0.2) is 0 Å². The van der Waals surface area contributed by atoms with Crippen molar-refractivity contribution in [3.8, 4) is 0 Å². The number of nitrogens with one attached hydrogen (secondary N) is 1. The summed E-state index contributed by atoms with van der Waals surface area (Å²) in [5.74, 6) is 0.516. The van der Waals surface area contributed by atoms with Crippen molar-refractivity contribution in [3.63, 3.8) is 0 Å². The largest absolute Gasteiger partial charge is 0.353 e. The lowest BCUT2D eigenvalue weighted by Crippen LogP contribution is -2.42. The minimum atomic E-state index is -0.227. The number of aromatic nitrogens is 2. The van der Waals surface area contributed by atoms with Gasteiger partial charge in [0.1, 0.15) is 17.4 Å². The monoisotopic (exact) mass is 440 g/mol. The van der Waals surface area contributed by atoms with Crippen molar-refractivity contribution >= 4 is 28.6 Å². The number of amides is 1. The molecule has 3 heterocycles. The van der Waals surface area contributed by atoms with Crippen LogP contribution < -0.4 is 5.32 Å². The molecule has 1 aliphatic heterocycles. The van der Waals surface area contributed by atoms with Gasteiger partial charge in [-0.3, -0.25) is 9.69 Å². The van der Waals surface area contributed by atoms with E-state index in [1.165, 1.54) is 31.4 Å². The molecule has 1 fully saturated rings. The molecule has 0 spiro atoms. The lowest BCUT2D eigenvalue weighted by atomic mass is 10.0. The summed E-state index contributed by atoms with van der Waals surface area (Å²) in [6.45, 7) is 5.29. The van der Waals surface area contributed by atoms with Crippen molar-refractivity contribution in [1.29, 1.82) is 0 Å². The fourth-order valence-electron chi connectivity index (χ4n) is 4.12. The van der Waals surface area contributed by atoms with E-state index in [2.05, 4.69) is 22.1 Å². The topological polar surface area (TPSA) is 50.2 Å². The molecule has 4 rings (SSSR count). The van der Waals surface area contributed by atoms with Crippen LogP contribution in [0.5, 0.6) is 0 Å². The zero-order chi connectivity index (χ0) is 21.6. The number of hydrogen-bond donors (Lipinski definition) is 1. The first kappa shape index (κ1) is 21.8. The van der Waals surface area contributed by atoms with Crippen LogP contribution in [-0.2, 0) is 17.1 Å². The SMILES string of the molecule is CC1CCCCN1CCNC(=O)Cn1ccc2c(SCc3ccc(F)cc3)nccc21. The molecule has 3 aromatic rings. The molecule has 1 amide bonds. The lowest BCUT2D eigenvalue weighted by Gasteiger charge is -2.33. The normalized spacial score (nSPS) is 17.2. The second-order valence-electron chi connectivity index (χ2n) is 8.14. The van der Waals surface area contributed by atoms with Crippen molar-refractivity contribution in [2.45, 2.75) is 49.6 Å². The quantitative estimate of drug-likeness (QED) is 0.526. The van der Waals surface area contributed by atoms with Gasteiger partial charge >= 0.3 is 0 Å². The molecule has 0 bridgehead atoms. The van der Waals surface area contributed by atoms with Crippen LogP contribution in [0.25, 0.3) is 10.9 Å². The molecule has 31 heavy (non-hydrogen) atoms. The molecule has 7 heteroatoms. The molecule has 0 saturated carbocycles. The summed E-state index contributed by atoms with van der Waals surface area (Å²) in [5, 5.41) is 5.02. The Morgan fingerprint density at radius 3 is 2.87 bits per heavy atom. The average Bonchev–Trinajstić information content (AvgIpc) is 3.18. The Morgan fingerprint density at radius 2 is 2.06 bits per heavy atom. The van der Waals surface area contributed by atoms with Crippen molar-refractivity contribution < 1.29 is 9.18 Å². The maximum Gasteiger partial charge on any atom is 0.239 e. The molecular formula is C24H29FN4OS. The van der Waals surface area contributed by atoms with Gasteiger partial charge in [0, 0.05) is 42.7 Å². The van der Waals surface area contributed by atoms with Crippen LogP contribution in [0.2, 0.25) is 0 Å². The van der Waals surface area contributed by atoms with Gasteiger partial charge in [-0.25, -0.2) is 9.37 Å². The van der Waals surface area contributed by atoms with Gasteiger partial charge < -0.3 is 9.88 Å². The molecule has 1 aromatic carbocycles. The molecule has 164 valence electrons. The molecular weight excluding hydrogens is 411 g/mol. The van der Waals surface area contributed by atoms with Gasteiger partial charge in [-0.1, -0.05) is 18.6 Å². The number of fused-ring (bicyclic) bond motifs is 1. The summed E-state index contributed by atoms with van der Waals surface area (Å²) >= 11 is 1.62. The molecule has 1 unspecified atom stereocenters. The van der Waals surface area contributed by atoms with Gasteiger partial charge in [-0.05, 0) is 56.1 Å². The number of carbonyl (C=O) groups is 1. The maximum atomic E-state index is 13.1. The van der Waals surface area contributed by atoms with E-state index in [1.54, 1.807) is 30.1 Å². The van der Waals surface area contributed by atoms with Gasteiger partial charge in [0.2, 0.25) is 5.91 Å². The highest BCUT2D eigenvalue weighted by Gasteiger charge is 2.17. The predicted octanol–water partition coefficient (Wildman–Crippen LogP) is 4.46. The number of rotatable bonds is 8. The van der Waals surface area contributed by atoms with E-state index in [0.717, 1.165) is 34.6 Å². The maximum absolute atomic E-state index is 13.1. The number of carbonyl (C=O) groups excluding carboxylic acids is 1. The number of thioether (sulfide) groups is 1. The van der Waals surface area contributed by atoms with Gasteiger partial charge in [-0.2, -0.15) is 0 Å². The van der Waals surface area contributed by atoms with E-state index in [4.69, 9.17) is 0 Å². The Hall–Kier alpha value is -2.38. The van der Waals surface area contributed by atoms with Crippen molar-refractivity contribution in [3.05, 3.63) is 60.2 Å². The number of nitrogens with zero attached hydrogens (tertiary/aromatic N) is 3. The highest BCUT2D eigenvalue weighted by atomic mass is 32.2. The fraction of sp³-hybridized carbons (Fsp3) is 0.417. The highest BCUT2D eigenvalue weighted by molar-refractivity contribution is 7.98. The van der Waals surface area contributed by atoms with Gasteiger partial charge in [-0.15, -0.1) is 11.8 Å². The molecule has 0 aliphatic carbocycles. The third-order valence-electron chi connectivity index (χ3n) is 5.93. The Balaban J connectivity index is 1.33. The number of likely N-dealkylation sites (tertiary alicyclic amines) is 1. The van der Waals surface area contributed by atoms with E-state index < -0.39 is 0 Å². The molecule has 1 atom stereocenters. The number of benzene rings is 1. The Kier molecular flexibility index (Phi) is 7.25.